The molecule has 0 aliphatic heterocycles. The van der Waals surface area contributed by atoms with E-state index in [1.54, 1.807) is 0 Å². The molecule has 0 unspecified atom stereocenters. The highest BCUT2D eigenvalue weighted by atomic mass is 16.3. The first-order chi connectivity index (χ1) is 25.4. The minimum atomic E-state index is -0.0218. The van der Waals surface area contributed by atoms with Gasteiger partial charge in [0, 0.05) is 33.7 Å². The van der Waals surface area contributed by atoms with E-state index >= 15 is 0 Å². The smallest absolute Gasteiger partial charge is 0.137 e. The van der Waals surface area contributed by atoms with Gasteiger partial charge in [0.1, 0.15) is 11.2 Å². The van der Waals surface area contributed by atoms with Crippen LogP contribution in [0.15, 0.2) is 186 Å². The van der Waals surface area contributed by atoms with Crippen molar-refractivity contribution in [2.24, 2.45) is 0 Å². The third kappa shape index (κ3) is 5.63. The standard InChI is InChI=1S/C50H39NO/c1-50(2,3)39-26-30-45(44(32-39)35-17-8-5-9-18-35)51(40-27-28-43-42-23-12-13-24-47(42)52-48(43)33-40)46-29-25-36-19-10-11-22-41(36)49(46)38-21-14-20-37(31-38)34-15-6-4-7-16-34/h4-33H,1-3H3. The first kappa shape index (κ1) is 31.6. The van der Waals surface area contributed by atoms with Crippen LogP contribution >= 0.6 is 0 Å². The second-order valence-corrected chi connectivity index (χ2v) is 14.6. The number of furan rings is 1. The lowest BCUT2D eigenvalue weighted by Gasteiger charge is -2.32. The van der Waals surface area contributed by atoms with Crippen LogP contribution in [0.5, 0.6) is 0 Å². The number of nitrogens with zero attached hydrogens (tertiary/aromatic N) is 1. The third-order valence-electron chi connectivity index (χ3n) is 10.2. The largest absolute Gasteiger partial charge is 0.456 e. The molecule has 0 fully saturated rings. The first-order valence-electron chi connectivity index (χ1n) is 18.0. The lowest BCUT2D eigenvalue weighted by atomic mass is 9.84. The number of fused-ring (bicyclic) bond motifs is 4. The van der Waals surface area contributed by atoms with Crippen LogP contribution in [-0.4, -0.2) is 0 Å². The zero-order valence-corrected chi connectivity index (χ0v) is 29.7. The van der Waals surface area contributed by atoms with Crippen molar-refractivity contribution in [3.05, 3.63) is 188 Å². The predicted molar refractivity (Wildman–Crippen MR) is 221 cm³/mol. The summed E-state index contributed by atoms with van der Waals surface area (Å²) >= 11 is 0. The molecule has 9 rings (SSSR count). The van der Waals surface area contributed by atoms with Crippen LogP contribution < -0.4 is 4.90 Å². The van der Waals surface area contributed by atoms with Gasteiger partial charge in [-0.15, -0.1) is 0 Å². The lowest BCUT2D eigenvalue weighted by molar-refractivity contribution is 0.590. The Bertz CT molecular complexity index is 2720. The topological polar surface area (TPSA) is 16.4 Å². The van der Waals surface area contributed by atoms with Crippen LogP contribution in [0.1, 0.15) is 26.3 Å². The van der Waals surface area contributed by atoms with Crippen molar-refractivity contribution in [2.75, 3.05) is 4.90 Å². The highest BCUT2D eigenvalue weighted by Crippen LogP contribution is 2.49. The highest BCUT2D eigenvalue weighted by Gasteiger charge is 2.25. The van der Waals surface area contributed by atoms with Gasteiger partial charge >= 0.3 is 0 Å². The Labute approximate surface area is 305 Å². The summed E-state index contributed by atoms with van der Waals surface area (Å²) in [5, 5.41) is 4.64. The second kappa shape index (κ2) is 12.7. The summed E-state index contributed by atoms with van der Waals surface area (Å²) in [4.78, 5) is 2.44. The zero-order chi connectivity index (χ0) is 35.2. The summed E-state index contributed by atoms with van der Waals surface area (Å²) in [5.41, 5.74) is 13.3. The van der Waals surface area contributed by atoms with Gasteiger partial charge in [-0.3, -0.25) is 0 Å². The molecule has 0 atom stereocenters. The van der Waals surface area contributed by atoms with Gasteiger partial charge in [0.05, 0.1) is 11.4 Å². The third-order valence-corrected chi connectivity index (χ3v) is 10.2. The first-order valence-corrected chi connectivity index (χ1v) is 18.0. The monoisotopic (exact) mass is 669 g/mol. The summed E-state index contributed by atoms with van der Waals surface area (Å²) < 4.78 is 6.52. The zero-order valence-electron chi connectivity index (χ0n) is 29.7. The molecular weight excluding hydrogens is 631 g/mol. The molecule has 0 aliphatic rings. The lowest BCUT2D eigenvalue weighted by Crippen LogP contribution is -2.15. The Kier molecular flexibility index (Phi) is 7.74. The molecule has 1 aromatic heterocycles. The molecule has 0 amide bonds. The van der Waals surface area contributed by atoms with E-state index in [-0.39, 0.29) is 5.41 Å². The Morgan fingerprint density at radius 3 is 1.85 bits per heavy atom. The number of hydrogen-bond donors (Lipinski definition) is 0. The molecule has 0 bridgehead atoms. The van der Waals surface area contributed by atoms with Crippen LogP contribution in [0.25, 0.3) is 66.1 Å². The maximum absolute atomic E-state index is 6.52. The summed E-state index contributed by atoms with van der Waals surface area (Å²) in [6.07, 6.45) is 0. The molecule has 52 heavy (non-hydrogen) atoms. The van der Waals surface area contributed by atoms with Crippen molar-refractivity contribution < 1.29 is 4.42 Å². The molecule has 0 radical (unpaired) electrons. The van der Waals surface area contributed by atoms with E-state index in [9.17, 15) is 0 Å². The Hall–Kier alpha value is -6.38. The molecule has 1 heterocycles. The van der Waals surface area contributed by atoms with E-state index in [0.29, 0.717) is 0 Å². The van der Waals surface area contributed by atoms with Gasteiger partial charge in [-0.25, -0.2) is 0 Å². The van der Waals surface area contributed by atoms with Gasteiger partial charge in [-0.2, -0.15) is 0 Å². The Morgan fingerprint density at radius 2 is 1.06 bits per heavy atom. The van der Waals surface area contributed by atoms with E-state index in [4.69, 9.17) is 4.42 Å². The van der Waals surface area contributed by atoms with Crippen molar-refractivity contribution in [2.45, 2.75) is 26.2 Å². The van der Waals surface area contributed by atoms with E-state index in [2.05, 4.69) is 196 Å². The normalized spacial score (nSPS) is 11.8. The van der Waals surface area contributed by atoms with Gasteiger partial charge in [0.2, 0.25) is 0 Å². The fourth-order valence-electron chi connectivity index (χ4n) is 7.54. The van der Waals surface area contributed by atoms with Crippen LogP contribution in [0.3, 0.4) is 0 Å². The molecule has 0 spiro atoms. The second-order valence-electron chi connectivity index (χ2n) is 14.6. The van der Waals surface area contributed by atoms with E-state index in [0.717, 1.165) is 44.6 Å². The van der Waals surface area contributed by atoms with Gasteiger partial charge in [-0.1, -0.05) is 154 Å². The molecule has 0 N–H and O–H groups in total. The molecule has 0 aliphatic carbocycles. The summed E-state index contributed by atoms with van der Waals surface area (Å²) in [6, 6.07) is 65.6. The Morgan fingerprint density at radius 1 is 0.423 bits per heavy atom. The SMILES string of the molecule is CC(C)(C)c1ccc(N(c2ccc3c(c2)oc2ccccc23)c2ccc3ccccc3c2-c2cccc(-c3ccccc3)c2)c(-c2ccccc2)c1. The molecule has 2 heteroatoms. The maximum atomic E-state index is 6.52. The van der Waals surface area contributed by atoms with Gasteiger partial charge < -0.3 is 9.32 Å². The van der Waals surface area contributed by atoms with Crippen molar-refractivity contribution in [1.82, 2.24) is 0 Å². The van der Waals surface area contributed by atoms with E-state index < -0.39 is 0 Å². The molecule has 0 saturated carbocycles. The summed E-state index contributed by atoms with van der Waals surface area (Å²) in [7, 11) is 0. The predicted octanol–water partition coefficient (Wildman–Crippen LogP) is 14.5. The fourth-order valence-corrected chi connectivity index (χ4v) is 7.54. The maximum Gasteiger partial charge on any atom is 0.137 e. The average molecular weight is 670 g/mol. The molecule has 8 aromatic carbocycles. The number of para-hydroxylation sites is 1. The highest BCUT2D eigenvalue weighted by molar-refractivity contribution is 6.09. The van der Waals surface area contributed by atoms with Crippen LogP contribution in [0.2, 0.25) is 0 Å². The van der Waals surface area contributed by atoms with Crippen molar-refractivity contribution in [3.8, 4) is 33.4 Å². The quantitative estimate of drug-likeness (QED) is 0.175. The van der Waals surface area contributed by atoms with Gasteiger partial charge in [-0.05, 0) is 86.5 Å². The minimum absolute atomic E-state index is 0.0218. The fraction of sp³-hybridized carbons (Fsp3) is 0.0800. The number of rotatable bonds is 6. The van der Waals surface area contributed by atoms with Crippen molar-refractivity contribution >= 4 is 49.8 Å². The number of anilines is 3. The van der Waals surface area contributed by atoms with Gasteiger partial charge in [0.15, 0.2) is 0 Å². The minimum Gasteiger partial charge on any atom is -0.456 e. The van der Waals surface area contributed by atoms with Crippen molar-refractivity contribution in [1.29, 1.82) is 0 Å². The Balaban J connectivity index is 1.37. The van der Waals surface area contributed by atoms with Crippen LogP contribution in [-0.2, 0) is 5.41 Å². The molecule has 250 valence electrons. The summed E-state index contributed by atoms with van der Waals surface area (Å²) in [5.74, 6) is 0. The van der Waals surface area contributed by atoms with E-state index in [1.165, 1.54) is 44.2 Å². The number of benzene rings is 8. The van der Waals surface area contributed by atoms with E-state index in [1.807, 2.05) is 12.1 Å². The molecular formula is C50H39NO. The molecule has 9 aromatic rings. The summed E-state index contributed by atoms with van der Waals surface area (Å²) in [6.45, 7) is 6.85. The van der Waals surface area contributed by atoms with Crippen LogP contribution in [0.4, 0.5) is 17.1 Å². The van der Waals surface area contributed by atoms with Crippen LogP contribution in [0, 0.1) is 0 Å². The van der Waals surface area contributed by atoms with Gasteiger partial charge in [0.25, 0.3) is 0 Å². The van der Waals surface area contributed by atoms with Crippen molar-refractivity contribution in [3.63, 3.8) is 0 Å². The number of hydrogen-bond acceptors (Lipinski definition) is 2. The molecule has 0 saturated heterocycles. The average Bonchev–Trinajstić information content (AvgIpc) is 3.56. The molecule has 2 nitrogen and oxygen atoms in total.